The van der Waals surface area contributed by atoms with Crippen LogP contribution in [0.3, 0.4) is 0 Å². The first-order valence-electron chi connectivity index (χ1n) is 4.90. The average molecular weight is 254 g/mol. The molecule has 1 unspecified atom stereocenters. The summed E-state index contributed by atoms with van der Waals surface area (Å²) in [6.45, 7) is 0.782. The van der Waals surface area contributed by atoms with Crippen molar-refractivity contribution in [2.75, 3.05) is 6.61 Å². The number of hydrogen-bond acceptors (Lipinski definition) is 2. The highest BCUT2D eigenvalue weighted by molar-refractivity contribution is 9.10. The Hall–Kier alpha value is -0.540. The Balaban J connectivity index is 2.11. The molecule has 1 atom stereocenters. The molecule has 1 aromatic carbocycles. The summed E-state index contributed by atoms with van der Waals surface area (Å²) < 4.78 is 6.79. The van der Waals surface area contributed by atoms with Gasteiger partial charge in [0.1, 0.15) is 5.75 Å². The van der Waals surface area contributed by atoms with E-state index in [-0.39, 0.29) is 11.5 Å². The average Bonchev–Trinajstić information content (AvgIpc) is 2.94. The molecule has 0 radical (unpaired) electrons. The number of ether oxygens (including phenoxy) is 1. The molecule has 1 spiro atoms. The van der Waals surface area contributed by atoms with Gasteiger partial charge in [-0.1, -0.05) is 12.1 Å². The van der Waals surface area contributed by atoms with Crippen molar-refractivity contribution < 1.29 is 4.74 Å². The predicted octanol–water partition coefficient (Wildman–Crippen LogP) is 2.62. The fraction of sp³-hybridized carbons (Fsp3) is 0.455. The van der Waals surface area contributed by atoms with Crippen LogP contribution in [0.1, 0.15) is 24.4 Å². The van der Waals surface area contributed by atoms with Crippen molar-refractivity contribution in [1.29, 1.82) is 0 Å². The summed E-state index contributed by atoms with van der Waals surface area (Å²) in [6.07, 6.45) is 2.42. The predicted molar refractivity (Wildman–Crippen MR) is 58.2 cm³/mol. The van der Waals surface area contributed by atoms with Gasteiger partial charge in [-0.25, -0.2) is 0 Å². The van der Waals surface area contributed by atoms with Crippen molar-refractivity contribution in [3.8, 4) is 5.75 Å². The van der Waals surface area contributed by atoms with E-state index in [2.05, 4.69) is 22.0 Å². The summed E-state index contributed by atoms with van der Waals surface area (Å²) in [4.78, 5) is 0. The number of para-hydroxylation sites is 1. The van der Waals surface area contributed by atoms with Gasteiger partial charge < -0.3 is 10.5 Å². The topological polar surface area (TPSA) is 35.2 Å². The molecule has 3 heteroatoms. The lowest BCUT2D eigenvalue weighted by Gasteiger charge is -2.31. The van der Waals surface area contributed by atoms with E-state index in [1.54, 1.807) is 0 Å². The Morgan fingerprint density at radius 1 is 1.43 bits per heavy atom. The number of fused-ring (bicyclic) bond motifs is 1. The normalized spacial score (nSPS) is 26.9. The zero-order valence-electron chi connectivity index (χ0n) is 7.79. The maximum atomic E-state index is 6.25. The molecule has 74 valence electrons. The van der Waals surface area contributed by atoms with Gasteiger partial charge in [-0.15, -0.1) is 0 Å². The van der Waals surface area contributed by atoms with Gasteiger partial charge in [0, 0.05) is 17.0 Å². The Morgan fingerprint density at radius 3 is 2.93 bits per heavy atom. The fourth-order valence-electron chi connectivity index (χ4n) is 2.17. The molecular formula is C11H12BrNO. The van der Waals surface area contributed by atoms with E-state index in [0.717, 1.165) is 22.4 Å². The fourth-order valence-corrected chi connectivity index (χ4v) is 2.67. The van der Waals surface area contributed by atoms with Crippen molar-refractivity contribution in [3.63, 3.8) is 0 Å². The van der Waals surface area contributed by atoms with Crippen LogP contribution in [0.15, 0.2) is 22.7 Å². The second kappa shape index (κ2) is 2.74. The van der Waals surface area contributed by atoms with Crippen LogP contribution in [0.2, 0.25) is 0 Å². The summed E-state index contributed by atoms with van der Waals surface area (Å²) in [5.41, 5.74) is 7.67. The summed E-state index contributed by atoms with van der Waals surface area (Å²) in [5, 5.41) is 0. The molecule has 1 aliphatic carbocycles. The van der Waals surface area contributed by atoms with Gasteiger partial charge in [-0.05, 0) is 34.8 Å². The van der Waals surface area contributed by atoms with E-state index in [9.17, 15) is 0 Å². The van der Waals surface area contributed by atoms with Crippen molar-refractivity contribution >= 4 is 15.9 Å². The maximum absolute atomic E-state index is 6.25. The molecule has 1 saturated carbocycles. The Kier molecular flexibility index (Phi) is 1.71. The lowest BCUT2D eigenvalue weighted by atomic mass is 9.89. The minimum atomic E-state index is 0.156. The Morgan fingerprint density at radius 2 is 2.21 bits per heavy atom. The zero-order chi connectivity index (χ0) is 9.76. The van der Waals surface area contributed by atoms with E-state index in [1.165, 1.54) is 12.8 Å². The molecule has 0 amide bonds. The van der Waals surface area contributed by atoms with E-state index < -0.39 is 0 Å². The van der Waals surface area contributed by atoms with E-state index in [4.69, 9.17) is 10.5 Å². The molecule has 0 aromatic heterocycles. The number of rotatable bonds is 0. The second-order valence-corrected chi connectivity index (χ2v) is 5.14. The maximum Gasteiger partial charge on any atom is 0.138 e. The van der Waals surface area contributed by atoms with Gasteiger partial charge in [0.25, 0.3) is 0 Å². The molecule has 3 rings (SSSR count). The number of hydrogen-bond donors (Lipinski definition) is 1. The van der Waals surface area contributed by atoms with Gasteiger partial charge in [-0.2, -0.15) is 0 Å². The van der Waals surface area contributed by atoms with Crippen LogP contribution in [0.5, 0.6) is 5.75 Å². The molecule has 14 heavy (non-hydrogen) atoms. The molecule has 1 heterocycles. The molecule has 2 nitrogen and oxygen atoms in total. The summed E-state index contributed by atoms with van der Waals surface area (Å²) in [6, 6.07) is 6.25. The van der Waals surface area contributed by atoms with Crippen LogP contribution in [0.4, 0.5) is 0 Å². The molecule has 0 bridgehead atoms. The summed E-state index contributed by atoms with van der Waals surface area (Å²) in [5.74, 6) is 0.942. The van der Waals surface area contributed by atoms with E-state index in [0.29, 0.717) is 0 Å². The van der Waals surface area contributed by atoms with Crippen LogP contribution < -0.4 is 10.5 Å². The number of halogens is 1. The second-order valence-electron chi connectivity index (χ2n) is 4.29. The third kappa shape index (κ3) is 1.06. The van der Waals surface area contributed by atoms with E-state index >= 15 is 0 Å². The molecule has 0 saturated heterocycles. The number of nitrogens with two attached hydrogens (primary N) is 1. The minimum absolute atomic E-state index is 0.156. The highest BCUT2D eigenvalue weighted by Crippen LogP contribution is 2.58. The van der Waals surface area contributed by atoms with Crippen molar-refractivity contribution in [1.82, 2.24) is 0 Å². The Bertz CT molecular complexity index is 387. The molecule has 1 aromatic rings. The SMILES string of the molecule is NC1c2cccc(Br)c2OCC12CC2. The molecule has 1 aliphatic heterocycles. The monoisotopic (exact) mass is 253 g/mol. The lowest BCUT2D eigenvalue weighted by Crippen LogP contribution is -2.32. The van der Waals surface area contributed by atoms with Crippen LogP contribution in [-0.4, -0.2) is 6.61 Å². The van der Waals surface area contributed by atoms with E-state index in [1.807, 2.05) is 12.1 Å². The highest BCUT2D eigenvalue weighted by Gasteiger charge is 2.52. The molecular weight excluding hydrogens is 242 g/mol. The summed E-state index contributed by atoms with van der Waals surface area (Å²) in [7, 11) is 0. The Labute approximate surface area is 91.6 Å². The van der Waals surface area contributed by atoms with Crippen LogP contribution in [0.25, 0.3) is 0 Å². The van der Waals surface area contributed by atoms with Gasteiger partial charge in [-0.3, -0.25) is 0 Å². The first-order valence-corrected chi connectivity index (χ1v) is 5.69. The molecule has 1 fully saturated rings. The van der Waals surface area contributed by atoms with Gasteiger partial charge in [0.05, 0.1) is 11.1 Å². The van der Waals surface area contributed by atoms with Crippen molar-refractivity contribution in [2.24, 2.45) is 11.1 Å². The largest absolute Gasteiger partial charge is 0.491 e. The zero-order valence-corrected chi connectivity index (χ0v) is 9.38. The van der Waals surface area contributed by atoms with Crippen molar-refractivity contribution in [2.45, 2.75) is 18.9 Å². The van der Waals surface area contributed by atoms with Crippen LogP contribution in [0, 0.1) is 5.41 Å². The van der Waals surface area contributed by atoms with Gasteiger partial charge in [0.2, 0.25) is 0 Å². The van der Waals surface area contributed by atoms with Gasteiger partial charge in [0.15, 0.2) is 0 Å². The quantitative estimate of drug-likeness (QED) is 0.772. The van der Waals surface area contributed by atoms with Crippen molar-refractivity contribution in [3.05, 3.63) is 28.2 Å². The number of benzene rings is 1. The lowest BCUT2D eigenvalue weighted by molar-refractivity contribution is 0.176. The first-order chi connectivity index (χ1) is 6.73. The minimum Gasteiger partial charge on any atom is -0.491 e. The highest BCUT2D eigenvalue weighted by atomic mass is 79.9. The summed E-state index contributed by atoms with van der Waals surface area (Å²) >= 11 is 3.49. The van der Waals surface area contributed by atoms with Crippen LogP contribution in [-0.2, 0) is 0 Å². The molecule has 2 aliphatic rings. The smallest absolute Gasteiger partial charge is 0.138 e. The third-order valence-electron chi connectivity index (χ3n) is 3.39. The third-order valence-corrected chi connectivity index (χ3v) is 4.01. The van der Waals surface area contributed by atoms with Gasteiger partial charge >= 0.3 is 0 Å². The molecule has 2 N–H and O–H groups in total. The standard InChI is InChI=1S/C11H12BrNO/c12-8-3-1-2-7-9(8)14-6-11(4-5-11)10(7)13/h1-3,10H,4-6,13H2. The first kappa shape index (κ1) is 8.74. The van der Waals surface area contributed by atoms with Crippen LogP contribution >= 0.6 is 15.9 Å².